The van der Waals surface area contributed by atoms with Crippen LogP contribution in [0.3, 0.4) is 0 Å². The van der Waals surface area contributed by atoms with Crippen molar-refractivity contribution in [3.05, 3.63) is 16.1 Å². The summed E-state index contributed by atoms with van der Waals surface area (Å²) in [6, 6.07) is 0. The number of amides is 1. The highest BCUT2D eigenvalue weighted by Crippen LogP contribution is 2.19. The van der Waals surface area contributed by atoms with E-state index < -0.39 is 5.54 Å². The summed E-state index contributed by atoms with van der Waals surface area (Å²) in [4.78, 5) is 16.1. The van der Waals surface area contributed by atoms with Crippen molar-refractivity contribution in [1.29, 1.82) is 0 Å². The normalized spacial score (nSPS) is 10.6. The molecule has 0 aromatic carbocycles. The lowest BCUT2D eigenvalue weighted by Crippen LogP contribution is -2.48. The van der Waals surface area contributed by atoms with Gasteiger partial charge in [0, 0.05) is 23.4 Å². The third kappa shape index (κ3) is 5.52. The minimum Gasteiger partial charge on any atom is -0.345 e. The lowest BCUT2D eigenvalue weighted by molar-refractivity contribution is 0.0911. The Morgan fingerprint density at radius 2 is 2.06 bits per heavy atom. The van der Waals surface area contributed by atoms with Gasteiger partial charge >= 0.3 is 0 Å². The molecule has 0 fully saturated rings. The Hall–Kier alpha value is -0.360. The largest absolute Gasteiger partial charge is 0.345 e. The highest BCUT2D eigenvalue weighted by molar-refractivity contribution is 7.09. The number of hydrogen-bond acceptors (Lipinski definition) is 4. The molecule has 0 spiro atoms. The monoisotopic (exact) mass is 313 g/mol. The van der Waals surface area contributed by atoms with Crippen LogP contribution < -0.4 is 11.1 Å². The highest BCUT2D eigenvalue weighted by atomic mass is 35.5. The van der Waals surface area contributed by atoms with E-state index in [1.165, 1.54) is 11.3 Å². The van der Waals surface area contributed by atoms with Crippen molar-refractivity contribution in [3.8, 4) is 0 Å². The zero-order chi connectivity index (χ0) is 12.3. The molecule has 0 unspecified atom stereocenters. The van der Waals surface area contributed by atoms with Crippen molar-refractivity contribution in [3.63, 3.8) is 0 Å². The molecule has 0 aliphatic rings. The molecule has 7 heteroatoms. The zero-order valence-electron chi connectivity index (χ0n) is 11.0. The van der Waals surface area contributed by atoms with Crippen LogP contribution in [0.15, 0.2) is 5.38 Å². The zero-order valence-corrected chi connectivity index (χ0v) is 13.5. The maximum Gasteiger partial charge on any atom is 0.271 e. The van der Waals surface area contributed by atoms with Gasteiger partial charge in [-0.15, -0.1) is 36.2 Å². The lowest BCUT2D eigenvalue weighted by Gasteiger charge is -2.23. The van der Waals surface area contributed by atoms with Crippen molar-refractivity contribution in [2.45, 2.75) is 39.2 Å². The fourth-order valence-corrected chi connectivity index (χ4v) is 1.89. The Balaban J connectivity index is 0. The van der Waals surface area contributed by atoms with Gasteiger partial charge in [0.25, 0.3) is 5.91 Å². The Bertz CT molecular complexity index is 380. The molecule has 0 aliphatic carbocycles. The van der Waals surface area contributed by atoms with Crippen molar-refractivity contribution < 1.29 is 4.79 Å². The van der Waals surface area contributed by atoms with E-state index in [-0.39, 0.29) is 30.7 Å². The number of carbonyl (C=O) groups is 1. The van der Waals surface area contributed by atoms with Gasteiger partial charge in [-0.3, -0.25) is 4.79 Å². The number of hydrogen-bond donors (Lipinski definition) is 2. The van der Waals surface area contributed by atoms with Gasteiger partial charge in [-0.05, 0) is 13.8 Å². The minimum absolute atomic E-state index is 0. The maximum absolute atomic E-state index is 11.8. The SMILES string of the molecule is CC(C)c1nc(C(=O)NC(C)(C)CN)cs1.Cl.Cl. The number of nitrogens with two attached hydrogens (primary N) is 1. The van der Waals surface area contributed by atoms with Crippen LogP contribution in [0.4, 0.5) is 0 Å². The Morgan fingerprint density at radius 1 is 1.50 bits per heavy atom. The smallest absolute Gasteiger partial charge is 0.271 e. The molecule has 1 heterocycles. The maximum atomic E-state index is 11.8. The van der Waals surface area contributed by atoms with Crippen molar-refractivity contribution in [2.24, 2.45) is 5.73 Å². The second-order valence-corrected chi connectivity index (χ2v) is 5.66. The van der Waals surface area contributed by atoms with Crippen molar-refractivity contribution >= 4 is 42.1 Å². The molecule has 0 saturated carbocycles. The standard InChI is InChI=1S/C11H19N3OS.2ClH/c1-7(2)10-13-8(5-16-10)9(15)14-11(3,4)6-12;;/h5,7H,6,12H2,1-4H3,(H,14,15);2*1H. The Kier molecular flexibility index (Phi) is 8.81. The first-order chi connectivity index (χ1) is 7.35. The molecule has 0 radical (unpaired) electrons. The van der Waals surface area contributed by atoms with Crippen molar-refractivity contribution in [2.75, 3.05) is 6.54 Å². The van der Waals surface area contributed by atoms with E-state index >= 15 is 0 Å². The molecular formula is C11H21Cl2N3OS. The molecule has 0 saturated heterocycles. The number of carbonyl (C=O) groups excluding carboxylic acids is 1. The fraction of sp³-hybridized carbons (Fsp3) is 0.636. The van der Waals surface area contributed by atoms with E-state index in [1.54, 1.807) is 5.38 Å². The molecule has 0 atom stereocenters. The molecule has 1 aromatic rings. The third-order valence-electron chi connectivity index (χ3n) is 2.21. The number of rotatable bonds is 4. The predicted molar refractivity (Wildman–Crippen MR) is 81.3 cm³/mol. The van der Waals surface area contributed by atoms with Gasteiger partial charge in [0.15, 0.2) is 0 Å². The van der Waals surface area contributed by atoms with Crippen LogP contribution >= 0.6 is 36.2 Å². The Labute approximate surface area is 125 Å². The molecule has 0 bridgehead atoms. The van der Waals surface area contributed by atoms with Crippen LogP contribution in [0.25, 0.3) is 0 Å². The first-order valence-corrected chi connectivity index (χ1v) is 6.21. The van der Waals surface area contributed by atoms with E-state index in [4.69, 9.17) is 5.73 Å². The molecule has 3 N–H and O–H groups in total. The summed E-state index contributed by atoms with van der Waals surface area (Å²) in [5.41, 5.74) is 5.65. The number of thiazole rings is 1. The molecule has 4 nitrogen and oxygen atoms in total. The quantitative estimate of drug-likeness (QED) is 0.897. The van der Waals surface area contributed by atoms with Crippen LogP contribution in [0.2, 0.25) is 0 Å². The Morgan fingerprint density at radius 3 is 2.44 bits per heavy atom. The van der Waals surface area contributed by atoms with E-state index in [0.29, 0.717) is 18.2 Å². The van der Waals surface area contributed by atoms with Crippen LogP contribution in [0, 0.1) is 0 Å². The summed E-state index contributed by atoms with van der Waals surface area (Å²) in [5, 5.41) is 5.63. The number of aromatic nitrogens is 1. The summed E-state index contributed by atoms with van der Waals surface area (Å²) in [7, 11) is 0. The summed E-state index contributed by atoms with van der Waals surface area (Å²) < 4.78 is 0. The van der Waals surface area contributed by atoms with E-state index in [1.807, 2.05) is 13.8 Å². The molecule has 1 rings (SSSR count). The van der Waals surface area contributed by atoms with Crippen LogP contribution in [-0.2, 0) is 0 Å². The third-order valence-corrected chi connectivity index (χ3v) is 3.36. The van der Waals surface area contributed by atoms with E-state index in [9.17, 15) is 4.79 Å². The number of nitrogens with one attached hydrogen (secondary N) is 1. The second kappa shape index (κ2) is 7.94. The number of nitrogens with zero attached hydrogens (tertiary/aromatic N) is 1. The number of halogens is 2. The summed E-state index contributed by atoms with van der Waals surface area (Å²) in [6.07, 6.45) is 0. The topological polar surface area (TPSA) is 68.0 Å². The molecule has 1 amide bonds. The van der Waals surface area contributed by atoms with Gasteiger partial charge in [0.05, 0.1) is 5.01 Å². The fourth-order valence-electron chi connectivity index (χ4n) is 1.08. The van der Waals surface area contributed by atoms with Gasteiger partial charge in [-0.25, -0.2) is 4.98 Å². The predicted octanol–water partition coefficient (Wildman–Crippen LogP) is 2.58. The average Bonchev–Trinajstić information content (AvgIpc) is 2.66. The van der Waals surface area contributed by atoms with E-state index in [2.05, 4.69) is 24.1 Å². The minimum atomic E-state index is -0.390. The first kappa shape index (κ1) is 20.0. The summed E-state index contributed by atoms with van der Waals surface area (Å²) in [6.45, 7) is 8.30. The van der Waals surface area contributed by atoms with Crippen LogP contribution in [0.5, 0.6) is 0 Å². The van der Waals surface area contributed by atoms with Gasteiger partial charge in [-0.2, -0.15) is 0 Å². The van der Waals surface area contributed by atoms with Crippen LogP contribution in [0.1, 0.15) is 49.1 Å². The average molecular weight is 314 g/mol. The molecule has 18 heavy (non-hydrogen) atoms. The second-order valence-electron chi connectivity index (χ2n) is 4.77. The van der Waals surface area contributed by atoms with Gasteiger partial charge in [0.1, 0.15) is 5.69 Å². The first-order valence-electron chi connectivity index (χ1n) is 5.34. The van der Waals surface area contributed by atoms with Gasteiger partial charge < -0.3 is 11.1 Å². The lowest BCUT2D eigenvalue weighted by atomic mass is 10.1. The molecule has 1 aromatic heterocycles. The molecular weight excluding hydrogens is 293 g/mol. The molecule has 0 aliphatic heterocycles. The summed E-state index contributed by atoms with van der Waals surface area (Å²) >= 11 is 1.52. The van der Waals surface area contributed by atoms with E-state index in [0.717, 1.165) is 5.01 Å². The van der Waals surface area contributed by atoms with Gasteiger partial charge in [0.2, 0.25) is 0 Å². The van der Waals surface area contributed by atoms with Crippen LogP contribution in [-0.4, -0.2) is 23.0 Å². The highest BCUT2D eigenvalue weighted by Gasteiger charge is 2.21. The molecule has 106 valence electrons. The van der Waals surface area contributed by atoms with Gasteiger partial charge in [-0.1, -0.05) is 13.8 Å². The summed E-state index contributed by atoms with van der Waals surface area (Å²) in [5.74, 6) is 0.202. The van der Waals surface area contributed by atoms with Crippen molar-refractivity contribution in [1.82, 2.24) is 10.3 Å².